The molecule has 7 heteroatoms. The van der Waals surface area contributed by atoms with E-state index < -0.39 is 10.0 Å². The van der Waals surface area contributed by atoms with Crippen molar-refractivity contribution < 1.29 is 13.2 Å². The Balaban J connectivity index is 1.26. The number of carbonyl (C=O) groups excluding carboxylic acids is 1. The molecule has 0 aromatic heterocycles. The van der Waals surface area contributed by atoms with Crippen LogP contribution in [0.3, 0.4) is 0 Å². The number of carbonyl (C=O) groups is 1. The van der Waals surface area contributed by atoms with Gasteiger partial charge in [-0.05, 0) is 99.7 Å². The molecule has 1 aromatic carbocycles. The quantitative estimate of drug-likeness (QED) is 0.728. The van der Waals surface area contributed by atoms with Gasteiger partial charge in [-0.2, -0.15) is 8.42 Å². The van der Waals surface area contributed by atoms with Crippen molar-refractivity contribution in [2.45, 2.75) is 82.1 Å². The number of amides is 1. The number of amidine groups is 1. The van der Waals surface area contributed by atoms with Crippen molar-refractivity contribution in [3.63, 3.8) is 0 Å². The molecule has 4 bridgehead atoms. The van der Waals surface area contributed by atoms with Crippen LogP contribution in [0.1, 0.15) is 81.5 Å². The maximum atomic E-state index is 13.2. The molecule has 1 amide bonds. The number of rotatable bonds is 3. The molecule has 6 aliphatic rings. The minimum Gasteiger partial charge on any atom is -0.349 e. The van der Waals surface area contributed by atoms with Gasteiger partial charge in [0, 0.05) is 24.6 Å². The fourth-order valence-electron chi connectivity index (χ4n) is 7.76. The molecule has 2 heterocycles. The minimum absolute atomic E-state index is 0.103. The maximum absolute atomic E-state index is 13.2. The molecule has 1 saturated heterocycles. The zero-order valence-corrected chi connectivity index (χ0v) is 19.7. The number of nitrogens with one attached hydrogen (secondary N) is 1. The third-order valence-electron chi connectivity index (χ3n) is 8.96. The van der Waals surface area contributed by atoms with E-state index >= 15 is 0 Å². The third kappa shape index (κ3) is 3.30. The standard InChI is InChI=1S/C25H33N3O3S/c1-16(25-13-17-9-18(14-25)11-19(10-17)15-25)26-24(29)20-6-7-21-22(12-20)32(30,31)27-23-5-3-2-4-8-28(21)23/h6-7,12,16-19H,2-5,8-11,13-15H2,1H3,(H,26,29)/t16-,17?,18?,19?,25?/m0/s1. The van der Waals surface area contributed by atoms with Crippen LogP contribution >= 0.6 is 0 Å². The second-order valence-electron chi connectivity index (χ2n) is 11.1. The molecule has 5 fully saturated rings. The molecule has 1 N–H and O–H groups in total. The highest BCUT2D eigenvalue weighted by molar-refractivity contribution is 7.90. The predicted octanol–water partition coefficient (Wildman–Crippen LogP) is 4.50. The molecule has 6 nitrogen and oxygen atoms in total. The zero-order chi connectivity index (χ0) is 22.1. The Morgan fingerprint density at radius 1 is 1.09 bits per heavy atom. The van der Waals surface area contributed by atoms with Crippen LogP contribution in [-0.4, -0.2) is 32.7 Å². The lowest BCUT2D eigenvalue weighted by molar-refractivity contribution is -0.0688. The Kier molecular flexibility index (Phi) is 4.73. The summed E-state index contributed by atoms with van der Waals surface area (Å²) in [6.45, 7) is 2.93. The summed E-state index contributed by atoms with van der Waals surface area (Å²) in [5.41, 5.74) is 1.30. The molecule has 2 aliphatic heterocycles. The summed E-state index contributed by atoms with van der Waals surface area (Å²) in [6, 6.07) is 5.23. The van der Waals surface area contributed by atoms with Crippen LogP contribution in [0.5, 0.6) is 0 Å². The number of hydrogen-bond donors (Lipinski definition) is 1. The average Bonchev–Trinajstić information content (AvgIpc) is 2.97. The molecular weight excluding hydrogens is 422 g/mol. The highest BCUT2D eigenvalue weighted by Gasteiger charge is 2.53. The van der Waals surface area contributed by atoms with E-state index in [1.807, 2.05) is 4.90 Å². The van der Waals surface area contributed by atoms with Gasteiger partial charge in [-0.25, -0.2) is 0 Å². The first-order valence-electron chi connectivity index (χ1n) is 12.4. The van der Waals surface area contributed by atoms with Crippen molar-refractivity contribution in [1.82, 2.24) is 5.32 Å². The Morgan fingerprint density at radius 3 is 2.47 bits per heavy atom. The van der Waals surface area contributed by atoms with Gasteiger partial charge < -0.3 is 10.2 Å². The van der Waals surface area contributed by atoms with E-state index in [-0.39, 0.29) is 22.3 Å². The molecule has 0 unspecified atom stereocenters. The summed E-state index contributed by atoms with van der Waals surface area (Å²) in [7, 11) is -3.78. The molecule has 4 saturated carbocycles. The first-order chi connectivity index (χ1) is 15.3. The monoisotopic (exact) mass is 455 g/mol. The van der Waals surface area contributed by atoms with Gasteiger partial charge in [-0.1, -0.05) is 6.42 Å². The van der Waals surface area contributed by atoms with Crippen molar-refractivity contribution in [1.29, 1.82) is 0 Å². The summed E-state index contributed by atoms with van der Waals surface area (Å²) >= 11 is 0. The fourth-order valence-corrected chi connectivity index (χ4v) is 9.05. The molecule has 7 rings (SSSR count). The van der Waals surface area contributed by atoms with Crippen molar-refractivity contribution in [2.75, 3.05) is 11.4 Å². The highest BCUT2D eigenvalue weighted by Crippen LogP contribution is 2.61. The van der Waals surface area contributed by atoms with E-state index in [9.17, 15) is 13.2 Å². The molecule has 4 aliphatic carbocycles. The summed E-state index contributed by atoms with van der Waals surface area (Å²) in [5.74, 6) is 2.96. The zero-order valence-electron chi connectivity index (χ0n) is 18.8. The summed E-state index contributed by atoms with van der Waals surface area (Å²) in [5, 5.41) is 3.27. The second-order valence-corrected chi connectivity index (χ2v) is 12.7. The molecule has 0 spiro atoms. The third-order valence-corrected chi connectivity index (χ3v) is 10.3. The van der Waals surface area contributed by atoms with Crippen LogP contribution in [0.4, 0.5) is 5.69 Å². The second kappa shape index (κ2) is 7.31. The van der Waals surface area contributed by atoms with Crippen LogP contribution in [0.25, 0.3) is 0 Å². The molecular formula is C25H33N3O3S. The lowest BCUT2D eigenvalue weighted by atomic mass is 9.48. The van der Waals surface area contributed by atoms with Gasteiger partial charge in [0.05, 0.1) is 5.69 Å². The van der Waals surface area contributed by atoms with Crippen LogP contribution < -0.4 is 10.2 Å². The van der Waals surface area contributed by atoms with E-state index in [2.05, 4.69) is 16.6 Å². The highest BCUT2D eigenvalue weighted by atomic mass is 32.2. The summed E-state index contributed by atoms with van der Waals surface area (Å²) < 4.78 is 30.0. The van der Waals surface area contributed by atoms with Crippen LogP contribution in [-0.2, 0) is 10.0 Å². The van der Waals surface area contributed by atoms with Gasteiger partial charge in [0.2, 0.25) is 0 Å². The van der Waals surface area contributed by atoms with Gasteiger partial charge in [0.1, 0.15) is 10.7 Å². The van der Waals surface area contributed by atoms with Gasteiger partial charge in [0.25, 0.3) is 15.9 Å². The Bertz CT molecular complexity index is 1060. The number of nitrogens with zero attached hydrogens (tertiary/aromatic N) is 2. The smallest absolute Gasteiger partial charge is 0.286 e. The average molecular weight is 456 g/mol. The van der Waals surface area contributed by atoms with Crippen LogP contribution in [0.15, 0.2) is 27.5 Å². The Labute approximate surface area is 190 Å². The fraction of sp³-hybridized carbons (Fsp3) is 0.680. The SMILES string of the molecule is C[C@H](NC(=O)c1ccc2c(c1)S(=O)(=O)N=C1CCCCCN12)C12CC3CC(CC(C3)C1)C2. The van der Waals surface area contributed by atoms with Crippen molar-refractivity contribution in [2.24, 2.45) is 27.6 Å². The summed E-state index contributed by atoms with van der Waals surface area (Å²) in [4.78, 5) is 15.4. The number of hydrogen-bond acceptors (Lipinski definition) is 4. The van der Waals surface area contributed by atoms with Gasteiger partial charge in [0.15, 0.2) is 0 Å². The largest absolute Gasteiger partial charge is 0.349 e. The lowest BCUT2D eigenvalue weighted by Gasteiger charge is -2.59. The Morgan fingerprint density at radius 2 is 1.78 bits per heavy atom. The summed E-state index contributed by atoms with van der Waals surface area (Å²) in [6.07, 6.45) is 11.6. The first-order valence-corrected chi connectivity index (χ1v) is 13.8. The number of benzene rings is 1. The predicted molar refractivity (Wildman–Crippen MR) is 124 cm³/mol. The minimum atomic E-state index is -3.78. The van der Waals surface area contributed by atoms with Gasteiger partial charge in [-0.15, -0.1) is 4.40 Å². The van der Waals surface area contributed by atoms with E-state index in [4.69, 9.17) is 0 Å². The first kappa shape index (κ1) is 20.7. The van der Waals surface area contributed by atoms with Gasteiger partial charge in [-0.3, -0.25) is 4.79 Å². The van der Waals surface area contributed by atoms with Crippen molar-refractivity contribution in [3.8, 4) is 0 Å². The molecule has 0 radical (unpaired) electrons. The van der Waals surface area contributed by atoms with E-state index in [0.717, 1.165) is 43.6 Å². The topological polar surface area (TPSA) is 78.8 Å². The molecule has 1 aromatic rings. The lowest BCUT2D eigenvalue weighted by Crippen LogP contribution is -2.55. The molecule has 32 heavy (non-hydrogen) atoms. The maximum Gasteiger partial charge on any atom is 0.286 e. The van der Waals surface area contributed by atoms with Crippen LogP contribution in [0, 0.1) is 23.2 Å². The van der Waals surface area contributed by atoms with E-state index in [1.54, 1.807) is 12.1 Å². The van der Waals surface area contributed by atoms with Crippen molar-refractivity contribution in [3.05, 3.63) is 23.8 Å². The normalized spacial score (nSPS) is 35.3. The number of fused-ring (bicyclic) bond motifs is 3. The molecule has 1 atom stereocenters. The van der Waals surface area contributed by atoms with Crippen molar-refractivity contribution >= 4 is 27.5 Å². The van der Waals surface area contributed by atoms with Crippen LogP contribution in [0.2, 0.25) is 0 Å². The number of anilines is 1. The Hall–Kier alpha value is -1.89. The van der Waals surface area contributed by atoms with Gasteiger partial charge >= 0.3 is 0 Å². The molecule has 172 valence electrons. The van der Waals surface area contributed by atoms with E-state index in [0.29, 0.717) is 23.5 Å². The van der Waals surface area contributed by atoms with E-state index in [1.165, 1.54) is 44.6 Å². The number of sulfonamides is 1.